The highest BCUT2D eigenvalue weighted by Crippen LogP contribution is 2.38. The third-order valence-electron chi connectivity index (χ3n) is 6.88. The molecule has 42 heavy (non-hydrogen) atoms. The maximum absolute atomic E-state index is 13.3. The van der Waals surface area contributed by atoms with Crippen molar-refractivity contribution in [1.29, 1.82) is 0 Å². The summed E-state index contributed by atoms with van der Waals surface area (Å²) in [5.41, 5.74) is 6.03. The molecule has 8 heteroatoms. The van der Waals surface area contributed by atoms with Crippen molar-refractivity contribution in [1.82, 2.24) is 4.90 Å². The molecule has 8 nitrogen and oxygen atoms in total. The van der Waals surface area contributed by atoms with Gasteiger partial charge in [0.2, 0.25) is 5.91 Å². The SMILES string of the molecule is COC(=O)c1ccc2c(c1)NC(=O)/C2=C(\Nc1ccc(N(Cc2ccccc2)C(=O)CN(C)C)cc1)c1ccccc1. The van der Waals surface area contributed by atoms with Gasteiger partial charge in [0.1, 0.15) is 0 Å². The molecule has 1 aliphatic rings. The van der Waals surface area contributed by atoms with Crippen molar-refractivity contribution in [3.63, 3.8) is 0 Å². The molecular formula is C34H32N4O4. The van der Waals surface area contributed by atoms with Gasteiger partial charge in [-0.15, -0.1) is 0 Å². The summed E-state index contributed by atoms with van der Waals surface area (Å²) in [6.45, 7) is 0.730. The Morgan fingerprint density at radius 1 is 0.833 bits per heavy atom. The van der Waals surface area contributed by atoms with E-state index in [1.54, 1.807) is 23.1 Å². The lowest BCUT2D eigenvalue weighted by Gasteiger charge is -2.25. The first-order valence-electron chi connectivity index (χ1n) is 13.5. The first kappa shape index (κ1) is 28.3. The van der Waals surface area contributed by atoms with Crippen molar-refractivity contribution in [3.05, 3.63) is 125 Å². The van der Waals surface area contributed by atoms with Crippen LogP contribution in [-0.2, 0) is 20.9 Å². The Labute approximate surface area is 245 Å². The molecule has 5 rings (SSSR count). The van der Waals surface area contributed by atoms with Crippen molar-refractivity contribution >= 4 is 46.1 Å². The van der Waals surface area contributed by atoms with Crippen molar-refractivity contribution < 1.29 is 19.1 Å². The van der Waals surface area contributed by atoms with E-state index in [2.05, 4.69) is 10.6 Å². The van der Waals surface area contributed by atoms with Gasteiger partial charge in [0, 0.05) is 16.9 Å². The van der Waals surface area contributed by atoms with E-state index < -0.39 is 5.97 Å². The molecule has 0 saturated heterocycles. The predicted octanol–water partition coefficient (Wildman–Crippen LogP) is 5.50. The van der Waals surface area contributed by atoms with Crippen molar-refractivity contribution in [2.24, 2.45) is 0 Å². The minimum Gasteiger partial charge on any atom is -0.465 e. The average molecular weight is 561 g/mol. The second-order valence-electron chi connectivity index (χ2n) is 10.2. The van der Waals surface area contributed by atoms with Crippen LogP contribution in [0.1, 0.15) is 27.0 Å². The van der Waals surface area contributed by atoms with Gasteiger partial charge in [0.05, 0.1) is 42.7 Å². The van der Waals surface area contributed by atoms with Gasteiger partial charge in [-0.3, -0.25) is 9.59 Å². The minimum atomic E-state index is -0.476. The van der Waals surface area contributed by atoms with E-state index in [-0.39, 0.29) is 18.4 Å². The van der Waals surface area contributed by atoms with Crippen LogP contribution in [0.15, 0.2) is 103 Å². The normalized spacial score (nSPS) is 13.3. The fraction of sp³-hybridized carbons (Fsp3) is 0.147. The zero-order valence-electron chi connectivity index (χ0n) is 23.8. The summed E-state index contributed by atoms with van der Waals surface area (Å²) < 4.78 is 4.84. The van der Waals surface area contributed by atoms with Crippen LogP contribution in [0.3, 0.4) is 0 Å². The number of benzene rings is 4. The maximum Gasteiger partial charge on any atom is 0.337 e. The Bertz CT molecular complexity index is 1630. The second-order valence-corrected chi connectivity index (χ2v) is 10.2. The van der Waals surface area contributed by atoms with E-state index in [4.69, 9.17) is 4.74 Å². The molecule has 0 aliphatic carbocycles. The standard InChI is InChI=1S/C34H32N4O4/c1-37(2)22-30(39)38(21-23-10-6-4-7-11-23)27-17-15-26(16-18-27)35-32(24-12-8-5-9-13-24)31-28-19-14-25(34(41)42-3)20-29(28)36-33(31)40/h4-20,35H,21-22H2,1-3H3,(H,36,40)/b32-31-. The molecule has 0 unspecified atom stereocenters. The van der Waals surface area contributed by atoms with Gasteiger partial charge < -0.3 is 25.2 Å². The quantitative estimate of drug-likeness (QED) is 0.208. The zero-order chi connectivity index (χ0) is 29.6. The summed E-state index contributed by atoms with van der Waals surface area (Å²) in [6.07, 6.45) is 0. The topological polar surface area (TPSA) is 91.0 Å². The third kappa shape index (κ3) is 6.24. The number of esters is 1. The van der Waals surface area contributed by atoms with Crippen LogP contribution in [0.5, 0.6) is 0 Å². The molecule has 1 aliphatic heterocycles. The number of carbonyl (C=O) groups excluding carboxylic acids is 3. The smallest absolute Gasteiger partial charge is 0.337 e. The summed E-state index contributed by atoms with van der Waals surface area (Å²) in [5, 5.41) is 6.34. The number of nitrogens with one attached hydrogen (secondary N) is 2. The predicted molar refractivity (Wildman–Crippen MR) is 166 cm³/mol. The maximum atomic E-state index is 13.3. The number of nitrogens with zero attached hydrogens (tertiary/aromatic N) is 2. The highest BCUT2D eigenvalue weighted by atomic mass is 16.5. The van der Waals surface area contributed by atoms with Crippen LogP contribution < -0.4 is 15.5 Å². The van der Waals surface area contributed by atoms with Gasteiger partial charge in [-0.25, -0.2) is 4.79 Å². The molecule has 1 heterocycles. The van der Waals surface area contributed by atoms with Gasteiger partial charge in [-0.2, -0.15) is 0 Å². The van der Waals surface area contributed by atoms with Crippen LogP contribution in [0.4, 0.5) is 17.1 Å². The lowest BCUT2D eigenvalue weighted by atomic mass is 9.99. The summed E-state index contributed by atoms with van der Waals surface area (Å²) in [4.78, 5) is 42.2. The van der Waals surface area contributed by atoms with Crippen LogP contribution in [-0.4, -0.2) is 50.4 Å². The van der Waals surface area contributed by atoms with Gasteiger partial charge in [-0.05, 0) is 61.6 Å². The van der Waals surface area contributed by atoms with Crippen molar-refractivity contribution in [2.45, 2.75) is 6.54 Å². The molecule has 2 N–H and O–H groups in total. The molecule has 4 aromatic rings. The lowest BCUT2D eigenvalue weighted by molar-refractivity contribution is -0.119. The lowest BCUT2D eigenvalue weighted by Crippen LogP contribution is -2.37. The Morgan fingerprint density at radius 2 is 1.50 bits per heavy atom. The Kier molecular flexibility index (Phi) is 8.45. The average Bonchev–Trinajstić information content (AvgIpc) is 3.33. The van der Waals surface area contributed by atoms with E-state index in [0.29, 0.717) is 34.6 Å². The van der Waals surface area contributed by atoms with Crippen LogP contribution >= 0.6 is 0 Å². The molecule has 4 aromatic carbocycles. The summed E-state index contributed by atoms with van der Waals surface area (Å²) in [5.74, 6) is -0.767. The zero-order valence-corrected chi connectivity index (χ0v) is 23.8. The minimum absolute atomic E-state index is 0.0118. The molecule has 0 bridgehead atoms. The number of hydrogen-bond donors (Lipinski definition) is 2. The number of methoxy groups -OCH3 is 1. The van der Waals surface area contributed by atoms with E-state index in [0.717, 1.165) is 22.5 Å². The van der Waals surface area contributed by atoms with Crippen LogP contribution in [0.2, 0.25) is 0 Å². The number of ether oxygens (including phenoxy) is 1. The Morgan fingerprint density at radius 3 is 2.14 bits per heavy atom. The first-order chi connectivity index (χ1) is 20.3. The van der Waals surface area contributed by atoms with Gasteiger partial charge in [-0.1, -0.05) is 66.7 Å². The molecule has 212 valence electrons. The van der Waals surface area contributed by atoms with Crippen molar-refractivity contribution in [2.75, 3.05) is 43.3 Å². The van der Waals surface area contributed by atoms with Gasteiger partial charge in [0.25, 0.3) is 5.91 Å². The number of rotatable bonds is 9. The van der Waals surface area contributed by atoms with E-state index in [1.165, 1.54) is 7.11 Å². The highest BCUT2D eigenvalue weighted by molar-refractivity contribution is 6.37. The summed E-state index contributed by atoms with van der Waals surface area (Å²) in [7, 11) is 5.07. The van der Waals surface area contributed by atoms with E-state index in [9.17, 15) is 14.4 Å². The molecule has 0 saturated carbocycles. The Balaban J connectivity index is 1.50. The number of carbonyl (C=O) groups is 3. The Hall–Kier alpha value is -5.21. The molecule has 0 radical (unpaired) electrons. The first-order valence-corrected chi connectivity index (χ1v) is 13.5. The fourth-order valence-electron chi connectivity index (χ4n) is 4.86. The number of hydrogen-bond acceptors (Lipinski definition) is 6. The number of likely N-dealkylation sites (N-methyl/N-ethyl adjacent to an activating group) is 1. The molecule has 0 fully saturated rings. The summed E-state index contributed by atoms with van der Waals surface area (Å²) >= 11 is 0. The third-order valence-corrected chi connectivity index (χ3v) is 6.88. The molecule has 0 spiro atoms. The van der Waals surface area contributed by atoms with E-state index >= 15 is 0 Å². The number of amides is 2. The number of anilines is 3. The van der Waals surface area contributed by atoms with Gasteiger partial charge >= 0.3 is 5.97 Å². The second kappa shape index (κ2) is 12.5. The summed E-state index contributed by atoms with van der Waals surface area (Å²) in [6, 6.07) is 32.1. The fourth-order valence-corrected chi connectivity index (χ4v) is 4.86. The van der Waals surface area contributed by atoms with Crippen LogP contribution in [0, 0.1) is 0 Å². The highest BCUT2D eigenvalue weighted by Gasteiger charge is 2.29. The molecule has 0 atom stereocenters. The molecule has 2 amide bonds. The largest absolute Gasteiger partial charge is 0.465 e. The molecule has 0 aromatic heterocycles. The monoisotopic (exact) mass is 560 g/mol. The van der Waals surface area contributed by atoms with Crippen molar-refractivity contribution in [3.8, 4) is 0 Å². The molecular weight excluding hydrogens is 528 g/mol. The van der Waals surface area contributed by atoms with Gasteiger partial charge in [0.15, 0.2) is 0 Å². The van der Waals surface area contributed by atoms with E-state index in [1.807, 2.05) is 104 Å². The number of fused-ring (bicyclic) bond motifs is 1. The van der Waals surface area contributed by atoms with Crippen LogP contribution in [0.25, 0.3) is 11.3 Å².